The Hall–Kier alpha value is -0.410. The highest BCUT2D eigenvalue weighted by Crippen LogP contribution is 1.75. The molecule has 6 heavy (non-hydrogen) atoms. The fraction of sp³-hybridized carbons (Fsp3) is 0.667. The fourth-order valence-electron chi connectivity index (χ4n) is 0.0745. The van der Waals surface area contributed by atoms with Crippen molar-refractivity contribution in [2.75, 3.05) is 0 Å². The molecule has 0 unspecified atom stereocenters. The lowest BCUT2D eigenvalue weighted by Crippen LogP contribution is -2.02. The van der Waals surface area contributed by atoms with Crippen molar-refractivity contribution in [2.45, 2.75) is 12.7 Å². The van der Waals surface area contributed by atoms with Crippen LogP contribution >= 0.6 is 0 Å². The van der Waals surface area contributed by atoms with E-state index < -0.39 is 6.29 Å². The van der Waals surface area contributed by atoms with Crippen molar-refractivity contribution in [3.05, 3.63) is 0 Å². The molecule has 0 heterocycles. The van der Waals surface area contributed by atoms with Crippen LogP contribution in [0.3, 0.4) is 0 Å². The largest absolute Gasteiger partial charge is 0.368 e. The molecule has 0 saturated heterocycles. The van der Waals surface area contributed by atoms with E-state index in [1.54, 1.807) is 0 Å². The monoisotopic (exact) mass is 89.0 g/mol. The van der Waals surface area contributed by atoms with Crippen LogP contribution in [0.25, 0.3) is 0 Å². The first-order chi connectivity index (χ1) is 2.77. The summed E-state index contributed by atoms with van der Waals surface area (Å²) in [5.74, 6) is 0. The maximum atomic E-state index is 9.17. The van der Waals surface area contributed by atoms with Gasteiger partial charge in [-0.2, -0.15) is 0 Å². The molecule has 3 heteroatoms. The molecule has 0 rings (SSSR count). The van der Waals surface area contributed by atoms with Gasteiger partial charge in [0.2, 0.25) is 6.29 Å². The van der Waals surface area contributed by atoms with E-state index in [9.17, 15) is 4.79 Å². The lowest BCUT2D eigenvalue weighted by Gasteiger charge is -1.88. The molecule has 0 saturated carbocycles. The van der Waals surface area contributed by atoms with E-state index in [2.05, 4.69) is 0 Å². The molecule has 1 radical (unpaired) electrons. The van der Waals surface area contributed by atoms with Crippen molar-refractivity contribution in [1.29, 1.82) is 0 Å². The van der Waals surface area contributed by atoms with Crippen LogP contribution in [0.4, 0.5) is 0 Å². The predicted molar refractivity (Wildman–Crippen MR) is 18.5 cm³/mol. The van der Waals surface area contributed by atoms with E-state index in [1.807, 2.05) is 0 Å². The molecule has 0 aliphatic heterocycles. The molecule has 0 aromatic heterocycles. The molecule has 2 N–H and O–H groups in total. The minimum atomic E-state index is -1.53. The standard InChI is InChI=1S/C3H5O3/c4-2-1-3(5)6/h3,5-6H,1H2. The van der Waals surface area contributed by atoms with Crippen LogP contribution in [-0.4, -0.2) is 22.8 Å². The third-order valence-corrected chi connectivity index (χ3v) is 0.266. The minimum Gasteiger partial charge on any atom is -0.368 e. The lowest BCUT2D eigenvalue weighted by atomic mass is 10.5. The van der Waals surface area contributed by atoms with Crippen molar-refractivity contribution in [3.63, 3.8) is 0 Å². The average molecular weight is 89.1 g/mol. The molecular weight excluding hydrogens is 84.0 g/mol. The summed E-state index contributed by atoms with van der Waals surface area (Å²) in [5, 5.41) is 15.7. The topological polar surface area (TPSA) is 57.5 Å². The van der Waals surface area contributed by atoms with Crippen LogP contribution in [0.2, 0.25) is 0 Å². The summed E-state index contributed by atoms with van der Waals surface area (Å²) in [4.78, 5) is 9.17. The molecule has 35 valence electrons. The van der Waals surface area contributed by atoms with Crippen LogP contribution in [0, 0.1) is 0 Å². The Kier molecular flexibility index (Phi) is 2.62. The summed E-state index contributed by atoms with van der Waals surface area (Å²) in [6, 6.07) is 0. The summed E-state index contributed by atoms with van der Waals surface area (Å²) in [7, 11) is 0. The zero-order chi connectivity index (χ0) is 4.99. The second kappa shape index (κ2) is 2.81. The molecule has 0 aromatic carbocycles. The molecule has 0 aliphatic rings. The molecule has 0 aromatic rings. The third kappa shape index (κ3) is 3.59. The number of carbonyl (C=O) groups excluding carboxylic acids is 1. The first kappa shape index (κ1) is 5.59. The summed E-state index contributed by atoms with van der Waals surface area (Å²) in [6.45, 7) is 0. The first-order valence-corrected chi connectivity index (χ1v) is 1.48. The second-order valence-corrected chi connectivity index (χ2v) is 0.829. The number of hydrogen-bond donors (Lipinski definition) is 2. The summed E-state index contributed by atoms with van der Waals surface area (Å²) < 4.78 is 0. The van der Waals surface area contributed by atoms with Gasteiger partial charge in [0.25, 0.3) is 0 Å². The number of rotatable bonds is 2. The SMILES string of the molecule is O=[C]CC(O)O. The molecule has 0 aliphatic carbocycles. The van der Waals surface area contributed by atoms with Crippen LogP contribution in [0.5, 0.6) is 0 Å². The van der Waals surface area contributed by atoms with Gasteiger partial charge in [-0.25, -0.2) is 0 Å². The molecule has 0 fully saturated rings. The van der Waals surface area contributed by atoms with Gasteiger partial charge in [0.1, 0.15) is 0 Å². The molecule has 0 atom stereocenters. The number of hydrogen-bond acceptors (Lipinski definition) is 3. The molecule has 0 bridgehead atoms. The van der Waals surface area contributed by atoms with Crippen LogP contribution in [-0.2, 0) is 4.79 Å². The van der Waals surface area contributed by atoms with Crippen LogP contribution in [0.15, 0.2) is 0 Å². The van der Waals surface area contributed by atoms with Gasteiger partial charge < -0.3 is 10.2 Å². The molecule has 0 spiro atoms. The summed E-state index contributed by atoms with van der Waals surface area (Å²) in [5.41, 5.74) is 0. The third-order valence-electron chi connectivity index (χ3n) is 0.266. The van der Waals surface area contributed by atoms with Crippen molar-refractivity contribution in [1.82, 2.24) is 0 Å². The zero-order valence-corrected chi connectivity index (χ0v) is 3.09. The quantitative estimate of drug-likeness (QED) is 0.418. The van der Waals surface area contributed by atoms with Gasteiger partial charge in [0.05, 0.1) is 6.42 Å². The van der Waals surface area contributed by atoms with E-state index in [0.29, 0.717) is 0 Å². The molecule has 0 amide bonds. The Morgan fingerprint density at radius 3 is 2.17 bits per heavy atom. The zero-order valence-electron chi connectivity index (χ0n) is 3.09. The fourth-order valence-corrected chi connectivity index (χ4v) is 0.0745. The van der Waals surface area contributed by atoms with Gasteiger partial charge in [0, 0.05) is 0 Å². The van der Waals surface area contributed by atoms with Gasteiger partial charge in [-0.15, -0.1) is 0 Å². The maximum Gasteiger partial charge on any atom is 0.203 e. The van der Waals surface area contributed by atoms with Gasteiger partial charge in [0.15, 0.2) is 6.29 Å². The average Bonchev–Trinajstić information content (AvgIpc) is 1.35. The first-order valence-electron chi connectivity index (χ1n) is 1.48. The normalized spacial score (nSPS) is 9.17. The Bertz CT molecular complexity index is 41.3. The van der Waals surface area contributed by atoms with Crippen molar-refractivity contribution in [3.8, 4) is 0 Å². The van der Waals surface area contributed by atoms with Gasteiger partial charge >= 0.3 is 0 Å². The van der Waals surface area contributed by atoms with Gasteiger partial charge in [-0.3, -0.25) is 4.79 Å². The van der Waals surface area contributed by atoms with Gasteiger partial charge in [-0.05, 0) is 0 Å². The predicted octanol–water partition coefficient (Wildman–Crippen LogP) is -1.20. The Labute approximate surface area is 35.2 Å². The maximum absolute atomic E-state index is 9.17. The highest BCUT2D eigenvalue weighted by molar-refractivity contribution is 5.50. The molecule has 3 nitrogen and oxygen atoms in total. The highest BCUT2D eigenvalue weighted by Gasteiger charge is 1.90. The minimum absolute atomic E-state index is 0.319. The smallest absolute Gasteiger partial charge is 0.203 e. The van der Waals surface area contributed by atoms with Gasteiger partial charge in [-0.1, -0.05) is 0 Å². The summed E-state index contributed by atoms with van der Waals surface area (Å²) >= 11 is 0. The van der Waals surface area contributed by atoms with E-state index >= 15 is 0 Å². The Morgan fingerprint density at radius 1 is 1.67 bits per heavy atom. The van der Waals surface area contributed by atoms with E-state index in [0.717, 1.165) is 0 Å². The second-order valence-electron chi connectivity index (χ2n) is 0.829. The van der Waals surface area contributed by atoms with E-state index in [4.69, 9.17) is 10.2 Å². The van der Waals surface area contributed by atoms with Crippen LogP contribution in [0.1, 0.15) is 6.42 Å². The van der Waals surface area contributed by atoms with E-state index in [-0.39, 0.29) is 6.42 Å². The Balaban J connectivity index is 2.81. The molecular formula is C3H5O3. The van der Waals surface area contributed by atoms with Crippen molar-refractivity contribution in [2.24, 2.45) is 0 Å². The summed E-state index contributed by atoms with van der Waals surface area (Å²) in [6.07, 6.45) is -0.528. The van der Waals surface area contributed by atoms with Crippen molar-refractivity contribution >= 4 is 6.29 Å². The number of aliphatic hydroxyl groups excluding tert-OH is 1. The highest BCUT2D eigenvalue weighted by atomic mass is 16.5. The number of aliphatic hydroxyl groups is 2. The Morgan fingerprint density at radius 2 is 2.17 bits per heavy atom. The van der Waals surface area contributed by atoms with Crippen LogP contribution < -0.4 is 0 Å². The van der Waals surface area contributed by atoms with Crippen molar-refractivity contribution < 1.29 is 15.0 Å². The lowest BCUT2D eigenvalue weighted by molar-refractivity contribution is -0.0328. The van der Waals surface area contributed by atoms with E-state index in [1.165, 1.54) is 6.29 Å².